The SMILES string of the molecule is CCCC(CS)CN1CCN(c2ncccn2)CC1. The minimum Gasteiger partial charge on any atom is -0.338 e. The summed E-state index contributed by atoms with van der Waals surface area (Å²) in [6.07, 6.45) is 6.16. The van der Waals surface area contributed by atoms with Crippen LogP contribution in [0.4, 0.5) is 5.95 Å². The van der Waals surface area contributed by atoms with E-state index in [9.17, 15) is 0 Å². The molecule has 0 aromatic carbocycles. The molecule has 0 N–H and O–H groups in total. The highest BCUT2D eigenvalue weighted by atomic mass is 32.1. The van der Waals surface area contributed by atoms with Crippen molar-refractivity contribution in [3.8, 4) is 0 Å². The van der Waals surface area contributed by atoms with Crippen LogP contribution in [0.3, 0.4) is 0 Å². The van der Waals surface area contributed by atoms with Crippen LogP contribution in [-0.4, -0.2) is 53.3 Å². The number of rotatable bonds is 6. The van der Waals surface area contributed by atoms with Crippen molar-refractivity contribution in [3.63, 3.8) is 0 Å². The zero-order valence-corrected chi connectivity index (χ0v) is 12.6. The first-order chi connectivity index (χ1) is 9.33. The molecule has 2 heterocycles. The van der Waals surface area contributed by atoms with Crippen molar-refractivity contribution < 1.29 is 0 Å². The molecule has 0 saturated carbocycles. The average Bonchev–Trinajstić information content (AvgIpc) is 2.48. The molecule has 1 aromatic heterocycles. The number of aromatic nitrogens is 2. The second-order valence-electron chi connectivity index (χ2n) is 5.17. The van der Waals surface area contributed by atoms with E-state index in [1.807, 2.05) is 18.5 Å². The van der Waals surface area contributed by atoms with Crippen molar-refractivity contribution in [1.82, 2.24) is 14.9 Å². The maximum absolute atomic E-state index is 4.47. The number of hydrogen-bond acceptors (Lipinski definition) is 5. The van der Waals surface area contributed by atoms with E-state index in [2.05, 4.69) is 39.3 Å². The van der Waals surface area contributed by atoms with E-state index >= 15 is 0 Å². The Morgan fingerprint density at radius 1 is 1.21 bits per heavy atom. The highest BCUT2D eigenvalue weighted by Crippen LogP contribution is 2.14. The van der Waals surface area contributed by atoms with Gasteiger partial charge >= 0.3 is 0 Å². The Hall–Kier alpha value is -0.810. The molecule has 0 spiro atoms. The third-order valence-corrected chi connectivity index (χ3v) is 4.20. The van der Waals surface area contributed by atoms with Crippen LogP contribution in [0.15, 0.2) is 18.5 Å². The van der Waals surface area contributed by atoms with E-state index in [4.69, 9.17) is 0 Å². The summed E-state index contributed by atoms with van der Waals surface area (Å²) in [4.78, 5) is 13.5. The summed E-state index contributed by atoms with van der Waals surface area (Å²) >= 11 is 4.47. The van der Waals surface area contributed by atoms with Gasteiger partial charge in [-0.25, -0.2) is 9.97 Å². The van der Waals surface area contributed by atoms with Gasteiger partial charge in [-0.05, 0) is 24.2 Å². The molecular weight excluding hydrogens is 256 g/mol. The standard InChI is InChI=1S/C14H24N4S/c1-2-4-13(12-19)11-17-7-9-18(10-8-17)14-15-5-3-6-16-14/h3,5-6,13,19H,2,4,7-12H2,1H3. The van der Waals surface area contributed by atoms with Gasteiger partial charge in [0.25, 0.3) is 0 Å². The molecule has 2 rings (SSSR count). The summed E-state index contributed by atoms with van der Waals surface area (Å²) in [5.41, 5.74) is 0. The number of nitrogens with zero attached hydrogens (tertiary/aromatic N) is 4. The van der Waals surface area contributed by atoms with Crippen LogP contribution in [0.2, 0.25) is 0 Å². The summed E-state index contributed by atoms with van der Waals surface area (Å²) in [6.45, 7) is 7.69. The molecule has 4 nitrogen and oxygen atoms in total. The first-order valence-electron chi connectivity index (χ1n) is 7.18. The number of thiol groups is 1. The predicted molar refractivity (Wildman–Crippen MR) is 82.9 cm³/mol. The molecule has 1 fully saturated rings. The molecule has 0 bridgehead atoms. The highest BCUT2D eigenvalue weighted by Gasteiger charge is 2.20. The molecule has 0 radical (unpaired) electrons. The Labute approximate surface area is 121 Å². The second kappa shape index (κ2) is 7.70. The minimum absolute atomic E-state index is 0.729. The van der Waals surface area contributed by atoms with Gasteiger partial charge in [0, 0.05) is 45.1 Å². The van der Waals surface area contributed by atoms with Gasteiger partial charge < -0.3 is 4.90 Å². The number of anilines is 1. The second-order valence-corrected chi connectivity index (χ2v) is 5.54. The zero-order chi connectivity index (χ0) is 13.5. The normalized spacial score (nSPS) is 18.5. The van der Waals surface area contributed by atoms with Gasteiger partial charge in [0.15, 0.2) is 0 Å². The lowest BCUT2D eigenvalue weighted by Gasteiger charge is -2.36. The predicted octanol–water partition coefficient (Wildman–Crippen LogP) is 1.94. The van der Waals surface area contributed by atoms with Crippen molar-refractivity contribution in [2.75, 3.05) is 43.4 Å². The smallest absolute Gasteiger partial charge is 0.225 e. The number of hydrogen-bond donors (Lipinski definition) is 1. The summed E-state index contributed by atoms with van der Waals surface area (Å²) in [5.74, 6) is 2.59. The van der Waals surface area contributed by atoms with Crippen molar-refractivity contribution in [2.45, 2.75) is 19.8 Å². The lowest BCUT2D eigenvalue weighted by Crippen LogP contribution is -2.48. The first kappa shape index (κ1) is 14.6. The lowest BCUT2D eigenvalue weighted by atomic mass is 10.1. The minimum atomic E-state index is 0.729. The van der Waals surface area contributed by atoms with Crippen LogP contribution in [0.25, 0.3) is 0 Å². The zero-order valence-electron chi connectivity index (χ0n) is 11.7. The van der Waals surface area contributed by atoms with E-state index in [1.165, 1.54) is 19.4 Å². The Balaban J connectivity index is 1.79. The topological polar surface area (TPSA) is 32.3 Å². The molecule has 1 atom stereocenters. The van der Waals surface area contributed by atoms with E-state index in [0.29, 0.717) is 0 Å². The Morgan fingerprint density at radius 2 is 1.89 bits per heavy atom. The summed E-state index contributed by atoms with van der Waals surface area (Å²) in [6, 6.07) is 1.86. The number of piperazine rings is 1. The van der Waals surface area contributed by atoms with Crippen molar-refractivity contribution >= 4 is 18.6 Å². The fraction of sp³-hybridized carbons (Fsp3) is 0.714. The molecule has 0 amide bonds. The summed E-state index contributed by atoms with van der Waals surface area (Å²) in [5, 5.41) is 0. The summed E-state index contributed by atoms with van der Waals surface area (Å²) < 4.78 is 0. The molecule has 1 aromatic rings. The Kier molecular flexibility index (Phi) is 5.92. The van der Waals surface area contributed by atoms with Gasteiger partial charge in [0.2, 0.25) is 5.95 Å². The van der Waals surface area contributed by atoms with Gasteiger partial charge in [-0.3, -0.25) is 4.90 Å². The fourth-order valence-electron chi connectivity index (χ4n) is 2.60. The third-order valence-electron chi connectivity index (χ3n) is 3.68. The van der Waals surface area contributed by atoms with E-state index < -0.39 is 0 Å². The molecule has 1 unspecified atom stereocenters. The maximum atomic E-state index is 4.47. The molecule has 1 aliphatic heterocycles. The quantitative estimate of drug-likeness (QED) is 0.807. The van der Waals surface area contributed by atoms with Crippen LogP contribution in [0, 0.1) is 5.92 Å². The Morgan fingerprint density at radius 3 is 2.47 bits per heavy atom. The fourth-order valence-corrected chi connectivity index (χ4v) is 2.90. The van der Waals surface area contributed by atoms with Gasteiger partial charge in [0.1, 0.15) is 0 Å². The van der Waals surface area contributed by atoms with Crippen molar-refractivity contribution in [3.05, 3.63) is 18.5 Å². The van der Waals surface area contributed by atoms with Crippen LogP contribution in [0.5, 0.6) is 0 Å². The molecule has 1 saturated heterocycles. The van der Waals surface area contributed by atoms with E-state index in [-0.39, 0.29) is 0 Å². The van der Waals surface area contributed by atoms with Gasteiger partial charge in [-0.1, -0.05) is 13.3 Å². The van der Waals surface area contributed by atoms with Crippen LogP contribution < -0.4 is 4.90 Å². The average molecular weight is 280 g/mol. The van der Waals surface area contributed by atoms with Crippen molar-refractivity contribution in [1.29, 1.82) is 0 Å². The van der Waals surface area contributed by atoms with Crippen LogP contribution in [-0.2, 0) is 0 Å². The summed E-state index contributed by atoms with van der Waals surface area (Å²) in [7, 11) is 0. The molecular formula is C14H24N4S. The molecule has 106 valence electrons. The van der Waals surface area contributed by atoms with E-state index in [0.717, 1.165) is 43.8 Å². The van der Waals surface area contributed by atoms with Crippen molar-refractivity contribution in [2.24, 2.45) is 5.92 Å². The molecule has 19 heavy (non-hydrogen) atoms. The van der Waals surface area contributed by atoms with Crippen LogP contribution in [0.1, 0.15) is 19.8 Å². The van der Waals surface area contributed by atoms with E-state index in [1.54, 1.807) is 0 Å². The highest BCUT2D eigenvalue weighted by molar-refractivity contribution is 7.80. The van der Waals surface area contributed by atoms with Gasteiger partial charge in [-0.2, -0.15) is 12.6 Å². The lowest BCUT2D eigenvalue weighted by molar-refractivity contribution is 0.221. The maximum Gasteiger partial charge on any atom is 0.225 e. The first-order valence-corrected chi connectivity index (χ1v) is 7.82. The largest absolute Gasteiger partial charge is 0.338 e. The Bertz CT molecular complexity index is 352. The monoisotopic (exact) mass is 280 g/mol. The third kappa shape index (κ3) is 4.35. The van der Waals surface area contributed by atoms with Gasteiger partial charge in [0.05, 0.1) is 0 Å². The van der Waals surface area contributed by atoms with Gasteiger partial charge in [-0.15, -0.1) is 0 Å². The molecule has 1 aliphatic rings. The molecule has 5 heteroatoms. The van der Waals surface area contributed by atoms with Crippen LogP contribution >= 0.6 is 12.6 Å². The molecule has 0 aliphatic carbocycles.